The average molecular weight is 250 g/mol. The Kier molecular flexibility index (Phi) is 3.71. The Hall–Kier alpha value is -0.230. The van der Waals surface area contributed by atoms with E-state index in [-0.39, 0.29) is 17.3 Å². The highest BCUT2D eigenvalue weighted by atomic mass is 32.2. The van der Waals surface area contributed by atoms with Gasteiger partial charge in [0.1, 0.15) is 9.84 Å². The molecule has 4 nitrogen and oxygen atoms in total. The van der Waals surface area contributed by atoms with Crippen LogP contribution in [0.5, 0.6) is 0 Å². The maximum Gasteiger partial charge on any atom is 0.157 e. The van der Waals surface area contributed by atoms with E-state index >= 15 is 0 Å². The monoisotopic (exact) mass is 250 g/mol. The van der Waals surface area contributed by atoms with Gasteiger partial charge < -0.3 is 5.32 Å². The van der Waals surface area contributed by atoms with Crippen LogP contribution in [0.25, 0.3) is 0 Å². The minimum atomic E-state index is -2.94. The van der Waals surface area contributed by atoms with E-state index < -0.39 is 9.84 Å². The lowest BCUT2D eigenvalue weighted by Gasteiger charge is -2.16. The van der Waals surface area contributed by atoms with Crippen LogP contribution in [0, 0.1) is 0 Å². The summed E-state index contributed by atoms with van der Waals surface area (Å²) < 4.78 is 22.1. The normalized spacial score (nSPS) is 25.2. The molecule has 88 valence electrons. The van der Waals surface area contributed by atoms with Gasteiger partial charge in [-0.05, 0) is 20.8 Å². The summed E-state index contributed by atoms with van der Waals surface area (Å²) in [6, 6.07) is -0.177. The van der Waals surface area contributed by atoms with Crippen LogP contribution in [0.1, 0.15) is 20.8 Å². The molecule has 0 amide bonds. The van der Waals surface area contributed by atoms with E-state index in [1.54, 1.807) is 11.8 Å². The fraction of sp³-hybridized carbons (Fsp3) is 0.889. The molecule has 1 saturated heterocycles. The first-order chi connectivity index (χ1) is 6.68. The Balaban J connectivity index is 2.58. The number of rotatable bonds is 3. The lowest BCUT2D eigenvalue weighted by Crippen LogP contribution is -2.37. The number of nitrogens with zero attached hydrogens (tertiary/aromatic N) is 1. The molecule has 0 aromatic carbocycles. The van der Waals surface area contributed by atoms with E-state index in [1.165, 1.54) is 6.26 Å². The predicted molar refractivity (Wildman–Crippen MR) is 66.3 cm³/mol. The highest BCUT2D eigenvalue weighted by Crippen LogP contribution is 2.22. The number of thioether (sulfide) groups is 1. The molecule has 15 heavy (non-hydrogen) atoms. The molecular formula is C9H18N2O2S2. The van der Waals surface area contributed by atoms with Gasteiger partial charge in [0.05, 0.1) is 11.8 Å². The summed E-state index contributed by atoms with van der Waals surface area (Å²) in [6.45, 7) is 6.02. The highest BCUT2D eigenvalue weighted by molar-refractivity contribution is 8.14. The maximum absolute atomic E-state index is 11.0. The molecule has 6 heteroatoms. The van der Waals surface area contributed by atoms with Crippen LogP contribution < -0.4 is 5.32 Å². The zero-order chi connectivity index (χ0) is 11.7. The summed E-state index contributed by atoms with van der Waals surface area (Å²) in [6.07, 6.45) is 1.24. The number of amidine groups is 1. The Labute approximate surface area is 95.8 Å². The smallest absolute Gasteiger partial charge is 0.157 e. The van der Waals surface area contributed by atoms with Crippen molar-refractivity contribution in [3.05, 3.63) is 0 Å². The van der Waals surface area contributed by atoms with Gasteiger partial charge in [0, 0.05) is 17.5 Å². The Bertz CT molecular complexity index is 360. The lowest BCUT2D eigenvalue weighted by atomic mass is 10.1. The van der Waals surface area contributed by atoms with Crippen LogP contribution >= 0.6 is 11.8 Å². The molecular weight excluding hydrogens is 232 g/mol. The van der Waals surface area contributed by atoms with Gasteiger partial charge in [0.25, 0.3) is 0 Å². The van der Waals surface area contributed by atoms with Crippen LogP contribution in [-0.2, 0) is 9.84 Å². The fourth-order valence-electron chi connectivity index (χ4n) is 1.36. The quantitative estimate of drug-likeness (QED) is 0.808. The van der Waals surface area contributed by atoms with Crippen molar-refractivity contribution in [1.29, 1.82) is 0 Å². The van der Waals surface area contributed by atoms with Gasteiger partial charge in [0.2, 0.25) is 0 Å². The van der Waals surface area contributed by atoms with E-state index in [9.17, 15) is 8.42 Å². The summed E-state index contributed by atoms with van der Waals surface area (Å²) >= 11 is 1.65. The summed E-state index contributed by atoms with van der Waals surface area (Å²) in [5.41, 5.74) is 0.0638. The molecule has 1 aliphatic heterocycles. The Morgan fingerprint density at radius 2 is 2.20 bits per heavy atom. The molecule has 0 aromatic rings. The molecule has 0 saturated carbocycles. The summed E-state index contributed by atoms with van der Waals surface area (Å²) in [5, 5.41) is 4.12. The van der Waals surface area contributed by atoms with Gasteiger partial charge in [0.15, 0.2) is 5.17 Å². The van der Waals surface area contributed by atoms with Gasteiger partial charge >= 0.3 is 0 Å². The van der Waals surface area contributed by atoms with Crippen molar-refractivity contribution in [3.8, 4) is 0 Å². The molecule has 1 unspecified atom stereocenters. The zero-order valence-electron chi connectivity index (χ0n) is 9.57. The number of aliphatic imine (C=N–C) groups is 1. The standard InChI is InChI=1S/C9H18N2O2S2/c1-7(5-15(4,12)13)10-8-11-9(2,3)6-14-8/h7H,5-6H2,1-4H3,(H,10,11). The molecule has 0 aromatic heterocycles. The van der Waals surface area contributed by atoms with E-state index in [4.69, 9.17) is 0 Å². The van der Waals surface area contributed by atoms with Gasteiger partial charge in [-0.2, -0.15) is 0 Å². The molecule has 0 radical (unpaired) electrons. The van der Waals surface area contributed by atoms with Crippen LogP contribution in [0.2, 0.25) is 0 Å². The molecule has 1 atom stereocenters. The minimum absolute atomic E-state index is 0.0638. The van der Waals surface area contributed by atoms with Crippen molar-refractivity contribution in [2.24, 2.45) is 4.99 Å². The number of nitrogens with one attached hydrogen (secondary N) is 1. The first-order valence-corrected chi connectivity index (χ1v) is 7.89. The molecule has 1 aliphatic rings. The number of hydrogen-bond acceptors (Lipinski definition) is 4. The largest absolute Gasteiger partial charge is 0.359 e. The van der Waals surface area contributed by atoms with Crippen molar-refractivity contribution in [3.63, 3.8) is 0 Å². The van der Waals surface area contributed by atoms with Crippen LogP contribution in [0.3, 0.4) is 0 Å². The summed E-state index contributed by atoms with van der Waals surface area (Å²) in [4.78, 5) is 4.35. The second kappa shape index (κ2) is 4.33. The Morgan fingerprint density at radius 3 is 2.60 bits per heavy atom. The minimum Gasteiger partial charge on any atom is -0.359 e. The second-order valence-corrected chi connectivity index (χ2v) is 7.82. The topological polar surface area (TPSA) is 58.5 Å². The van der Waals surface area contributed by atoms with E-state index in [2.05, 4.69) is 24.2 Å². The first kappa shape index (κ1) is 12.8. The SMILES string of the molecule is CC(CS(C)(=O)=O)N=C1NC(C)(C)CS1. The van der Waals surface area contributed by atoms with Crippen molar-refractivity contribution in [2.45, 2.75) is 32.4 Å². The molecule has 1 heterocycles. The number of hydrogen-bond donors (Lipinski definition) is 1. The molecule has 1 rings (SSSR count). The van der Waals surface area contributed by atoms with Gasteiger partial charge in [-0.25, -0.2) is 8.42 Å². The van der Waals surface area contributed by atoms with Gasteiger partial charge in [-0.15, -0.1) is 0 Å². The van der Waals surface area contributed by atoms with Crippen molar-refractivity contribution in [2.75, 3.05) is 17.8 Å². The van der Waals surface area contributed by atoms with Gasteiger partial charge in [-0.3, -0.25) is 4.99 Å². The third-order valence-electron chi connectivity index (χ3n) is 1.90. The van der Waals surface area contributed by atoms with E-state index in [1.807, 2.05) is 6.92 Å². The van der Waals surface area contributed by atoms with Crippen LogP contribution in [-0.4, -0.2) is 42.9 Å². The zero-order valence-corrected chi connectivity index (χ0v) is 11.2. The molecule has 0 aliphatic carbocycles. The number of sulfone groups is 1. The molecule has 1 N–H and O–H groups in total. The van der Waals surface area contributed by atoms with E-state index in [0.717, 1.165) is 10.9 Å². The fourth-order valence-corrected chi connectivity index (χ4v) is 3.48. The van der Waals surface area contributed by atoms with E-state index in [0.29, 0.717) is 0 Å². The van der Waals surface area contributed by atoms with Crippen molar-refractivity contribution in [1.82, 2.24) is 5.32 Å². The lowest BCUT2D eigenvalue weighted by molar-refractivity contribution is 0.535. The van der Waals surface area contributed by atoms with Crippen LogP contribution in [0.4, 0.5) is 0 Å². The average Bonchev–Trinajstić information content (AvgIpc) is 2.25. The predicted octanol–water partition coefficient (Wildman–Crippen LogP) is 0.891. The van der Waals surface area contributed by atoms with Crippen LogP contribution in [0.15, 0.2) is 4.99 Å². The summed E-state index contributed by atoms with van der Waals surface area (Å²) in [7, 11) is -2.94. The molecule has 0 bridgehead atoms. The molecule has 1 fully saturated rings. The summed E-state index contributed by atoms with van der Waals surface area (Å²) in [5.74, 6) is 1.08. The Morgan fingerprint density at radius 1 is 1.60 bits per heavy atom. The van der Waals surface area contributed by atoms with Crippen molar-refractivity contribution < 1.29 is 8.42 Å². The van der Waals surface area contributed by atoms with Crippen molar-refractivity contribution >= 4 is 26.8 Å². The maximum atomic E-state index is 11.0. The van der Waals surface area contributed by atoms with Gasteiger partial charge in [-0.1, -0.05) is 11.8 Å². The third kappa shape index (κ3) is 4.88. The highest BCUT2D eigenvalue weighted by Gasteiger charge is 2.27. The third-order valence-corrected chi connectivity index (χ3v) is 4.33. The first-order valence-electron chi connectivity index (χ1n) is 4.84. The second-order valence-electron chi connectivity index (χ2n) is 4.67. The molecule has 0 spiro atoms.